The Kier molecular flexibility index (Phi) is 7.98. The monoisotopic (exact) mass is 369 g/mol. The van der Waals surface area contributed by atoms with E-state index in [1.165, 1.54) is 0 Å². The minimum atomic E-state index is -0.0561. The van der Waals surface area contributed by atoms with E-state index in [-0.39, 0.29) is 36.8 Å². The van der Waals surface area contributed by atoms with E-state index in [2.05, 4.69) is 10.3 Å². The van der Waals surface area contributed by atoms with Gasteiger partial charge in [-0.25, -0.2) is 0 Å². The lowest BCUT2D eigenvalue weighted by Gasteiger charge is -2.36. The van der Waals surface area contributed by atoms with Crippen molar-refractivity contribution in [3.05, 3.63) is 59.9 Å². The van der Waals surface area contributed by atoms with Crippen molar-refractivity contribution in [3.8, 4) is 5.75 Å². The number of pyridine rings is 1. The van der Waals surface area contributed by atoms with E-state index < -0.39 is 0 Å². The largest absolute Gasteiger partial charge is 0.496 e. The Morgan fingerprint density at radius 2 is 1.96 bits per heavy atom. The molecule has 0 radical (unpaired) electrons. The van der Waals surface area contributed by atoms with E-state index in [1.54, 1.807) is 19.4 Å². The van der Waals surface area contributed by atoms with Crippen LogP contribution >= 0.6 is 24.8 Å². The van der Waals surface area contributed by atoms with Crippen molar-refractivity contribution in [3.63, 3.8) is 0 Å². The van der Waals surface area contributed by atoms with E-state index in [9.17, 15) is 4.79 Å². The summed E-state index contributed by atoms with van der Waals surface area (Å²) in [7, 11) is 1.65. The summed E-state index contributed by atoms with van der Waals surface area (Å²) >= 11 is 0. The van der Waals surface area contributed by atoms with E-state index in [4.69, 9.17) is 4.74 Å². The van der Waals surface area contributed by atoms with Crippen LogP contribution in [-0.4, -0.2) is 42.5 Å². The lowest BCUT2D eigenvalue weighted by molar-refractivity contribution is 0.0625. The Labute approximate surface area is 154 Å². The molecule has 0 spiro atoms. The van der Waals surface area contributed by atoms with Crippen molar-refractivity contribution < 1.29 is 9.53 Å². The van der Waals surface area contributed by atoms with Crippen LogP contribution in [0.25, 0.3) is 0 Å². The van der Waals surface area contributed by atoms with Gasteiger partial charge in [0, 0.05) is 31.4 Å². The predicted molar refractivity (Wildman–Crippen MR) is 98.4 cm³/mol. The summed E-state index contributed by atoms with van der Waals surface area (Å²) in [6.07, 6.45) is 1.65. The van der Waals surface area contributed by atoms with Gasteiger partial charge in [0.2, 0.25) is 0 Å². The highest BCUT2D eigenvalue weighted by Crippen LogP contribution is 2.30. The third-order valence-electron chi connectivity index (χ3n) is 3.89. The molecule has 1 aromatic heterocycles. The number of benzene rings is 1. The van der Waals surface area contributed by atoms with Gasteiger partial charge >= 0.3 is 0 Å². The van der Waals surface area contributed by atoms with Crippen LogP contribution in [-0.2, 0) is 0 Å². The predicted octanol–water partition coefficient (Wildman–Crippen LogP) is 2.72. The zero-order valence-electron chi connectivity index (χ0n) is 13.3. The molecule has 0 aliphatic carbocycles. The van der Waals surface area contributed by atoms with Crippen LogP contribution in [0.1, 0.15) is 22.1 Å². The molecule has 1 N–H and O–H groups in total. The lowest BCUT2D eigenvalue weighted by atomic mass is 10.0. The van der Waals surface area contributed by atoms with Gasteiger partial charge in [-0.2, -0.15) is 0 Å². The van der Waals surface area contributed by atoms with Crippen molar-refractivity contribution in [2.75, 3.05) is 26.7 Å². The number of ether oxygens (including phenoxy) is 1. The first-order valence-corrected chi connectivity index (χ1v) is 7.37. The third kappa shape index (κ3) is 4.17. The van der Waals surface area contributed by atoms with Crippen molar-refractivity contribution >= 4 is 30.7 Å². The second-order valence-electron chi connectivity index (χ2n) is 5.18. The maximum Gasteiger partial charge on any atom is 0.273 e. The summed E-state index contributed by atoms with van der Waals surface area (Å²) in [6, 6.07) is 13.2. The highest BCUT2D eigenvalue weighted by molar-refractivity contribution is 5.92. The fourth-order valence-electron chi connectivity index (χ4n) is 2.80. The molecular weight excluding hydrogens is 349 g/mol. The molecule has 1 aliphatic rings. The number of para-hydroxylation sites is 1. The van der Waals surface area contributed by atoms with E-state index in [0.717, 1.165) is 17.9 Å². The maximum atomic E-state index is 12.8. The van der Waals surface area contributed by atoms with Crippen LogP contribution in [0.5, 0.6) is 5.75 Å². The number of rotatable bonds is 3. The fourth-order valence-corrected chi connectivity index (χ4v) is 2.80. The molecule has 5 nitrogen and oxygen atoms in total. The number of piperazine rings is 1. The molecule has 1 aromatic carbocycles. The van der Waals surface area contributed by atoms with Crippen molar-refractivity contribution in [2.45, 2.75) is 6.04 Å². The van der Waals surface area contributed by atoms with Crippen molar-refractivity contribution in [1.29, 1.82) is 0 Å². The van der Waals surface area contributed by atoms with Crippen LogP contribution in [0.4, 0.5) is 0 Å². The molecule has 130 valence electrons. The Bertz CT molecular complexity index is 655. The molecule has 1 atom stereocenters. The molecule has 1 aliphatic heterocycles. The Balaban J connectivity index is 0.00000144. The number of carbonyl (C=O) groups excluding carboxylic acids is 1. The highest BCUT2D eigenvalue weighted by atomic mass is 35.5. The van der Waals surface area contributed by atoms with Crippen LogP contribution in [0.2, 0.25) is 0 Å². The summed E-state index contributed by atoms with van der Waals surface area (Å²) in [5, 5.41) is 3.35. The van der Waals surface area contributed by atoms with Crippen LogP contribution in [0, 0.1) is 0 Å². The first-order valence-electron chi connectivity index (χ1n) is 7.37. The minimum absolute atomic E-state index is 0. The Hall–Kier alpha value is -1.82. The Morgan fingerprint density at radius 3 is 2.67 bits per heavy atom. The summed E-state index contributed by atoms with van der Waals surface area (Å²) in [4.78, 5) is 18.8. The zero-order chi connectivity index (χ0) is 15.4. The smallest absolute Gasteiger partial charge is 0.273 e. The molecule has 7 heteroatoms. The van der Waals surface area contributed by atoms with Crippen LogP contribution in [0.3, 0.4) is 0 Å². The quantitative estimate of drug-likeness (QED) is 0.903. The van der Waals surface area contributed by atoms with Gasteiger partial charge in [0.05, 0.1) is 13.2 Å². The SMILES string of the molecule is COc1ccccc1C1CNCCN1C(=O)c1ccccn1.Cl.Cl. The standard InChI is InChI=1S/C17H19N3O2.2ClH/c1-22-16-8-3-2-6-13(16)15-12-18-10-11-20(15)17(21)14-7-4-5-9-19-14;;/h2-9,15,18H,10-12H2,1H3;2*1H. The number of nitrogens with one attached hydrogen (secondary N) is 1. The second kappa shape index (κ2) is 9.47. The van der Waals surface area contributed by atoms with Crippen molar-refractivity contribution in [2.24, 2.45) is 0 Å². The summed E-state index contributed by atoms with van der Waals surface area (Å²) in [5.41, 5.74) is 1.49. The van der Waals surface area contributed by atoms with Gasteiger partial charge < -0.3 is 15.0 Å². The molecule has 1 saturated heterocycles. The van der Waals surface area contributed by atoms with Gasteiger partial charge in [-0.05, 0) is 18.2 Å². The zero-order valence-corrected chi connectivity index (χ0v) is 15.0. The number of halogens is 2. The molecule has 3 rings (SSSR count). The van der Waals surface area contributed by atoms with E-state index >= 15 is 0 Å². The minimum Gasteiger partial charge on any atom is -0.496 e. The number of hydrogen-bond donors (Lipinski definition) is 1. The molecule has 1 fully saturated rings. The molecule has 0 saturated carbocycles. The first kappa shape index (κ1) is 20.2. The van der Waals surface area contributed by atoms with E-state index in [0.29, 0.717) is 18.8 Å². The van der Waals surface area contributed by atoms with Gasteiger partial charge in [0.15, 0.2) is 0 Å². The summed E-state index contributed by atoms with van der Waals surface area (Å²) in [5.74, 6) is 0.757. The molecule has 2 aromatic rings. The highest BCUT2D eigenvalue weighted by Gasteiger charge is 2.30. The average Bonchev–Trinajstić information content (AvgIpc) is 2.62. The van der Waals surface area contributed by atoms with Gasteiger partial charge in [-0.15, -0.1) is 24.8 Å². The summed E-state index contributed by atoms with van der Waals surface area (Å²) < 4.78 is 5.45. The number of amides is 1. The van der Waals surface area contributed by atoms with E-state index in [1.807, 2.05) is 41.3 Å². The molecule has 24 heavy (non-hydrogen) atoms. The van der Waals surface area contributed by atoms with Gasteiger partial charge in [-0.3, -0.25) is 9.78 Å². The number of carbonyl (C=O) groups is 1. The average molecular weight is 370 g/mol. The Morgan fingerprint density at radius 1 is 1.21 bits per heavy atom. The topological polar surface area (TPSA) is 54.5 Å². The van der Waals surface area contributed by atoms with Crippen LogP contribution < -0.4 is 10.1 Å². The van der Waals surface area contributed by atoms with Crippen LogP contribution in [0.15, 0.2) is 48.7 Å². The normalized spacial score (nSPS) is 16.5. The summed E-state index contributed by atoms with van der Waals surface area (Å²) in [6.45, 7) is 2.14. The van der Waals surface area contributed by atoms with Crippen molar-refractivity contribution in [1.82, 2.24) is 15.2 Å². The molecule has 1 unspecified atom stereocenters. The first-order chi connectivity index (χ1) is 10.8. The molecule has 0 bridgehead atoms. The molecular formula is C17H21Cl2N3O2. The number of aromatic nitrogens is 1. The lowest BCUT2D eigenvalue weighted by Crippen LogP contribution is -2.49. The fraction of sp³-hybridized carbons (Fsp3) is 0.294. The molecule has 2 heterocycles. The number of methoxy groups -OCH3 is 1. The van der Waals surface area contributed by atoms with Gasteiger partial charge in [-0.1, -0.05) is 24.3 Å². The van der Waals surface area contributed by atoms with Gasteiger partial charge in [0.1, 0.15) is 11.4 Å². The molecule has 1 amide bonds. The maximum absolute atomic E-state index is 12.8. The number of nitrogens with zero attached hydrogens (tertiary/aromatic N) is 2. The second-order valence-corrected chi connectivity index (χ2v) is 5.18. The third-order valence-corrected chi connectivity index (χ3v) is 3.89. The number of hydrogen-bond acceptors (Lipinski definition) is 4. The van der Waals surface area contributed by atoms with Gasteiger partial charge in [0.25, 0.3) is 5.91 Å².